The van der Waals surface area contributed by atoms with Crippen LogP contribution in [-0.4, -0.2) is 30.1 Å². The smallest absolute Gasteiger partial charge is 0.136 e. The second-order valence-corrected chi connectivity index (χ2v) is 37.2. The molecule has 0 aliphatic carbocycles. The van der Waals surface area contributed by atoms with Crippen molar-refractivity contribution < 1.29 is 52.3 Å². The summed E-state index contributed by atoms with van der Waals surface area (Å²) in [7, 11) is 0. The minimum absolute atomic E-state index is 0. The van der Waals surface area contributed by atoms with Gasteiger partial charge in [-0.15, -0.1) is 59.7 Å². The van der Waals surface area contributed by atoms with Gasteiger partial charge in [0.05, 0.1) is 22.8 Å². The van der Waals surface area contributed by atoms with Crippen LogP contribution in [0.2, 0.25) is 0 Å². The molecule has 9 aromatic carbocycles. The summed E-state index contributed by atoms with van der Waals surface area (Å²) in [4.78, 5) is 24.9. The molecule has 4 aromatic heterocycles. The summed E-state index contributed by atoms with van der Waals surface area (Å²) < 4.78 is 0. The second-order valence-electron chi connectivity index (χ2n) is 37.2. The Labute approximate surface area is 715 Å². The molecule has 115 heavy (non-hydrogen) atoms. The van der Waals surface area contributed by atoms with Gasteiger partial charge in [0.2, 0.25) is 0 Å². The molecule has 598 valence electrons. The zero-order valence-electron chi connectivity index (χ0n) is 71.3. The fourth-order valence-electron chi connectivity index (χ4n) is 14.6. The minimum atomic E-state index is -0.300. The maximum atomic E-state index is 12.3. The van der Waals surface area contributed by atoms with Crippen molar-refractivity contribution in [2.24, 2.45) is 5.92 Å². The SMILES string of the molecule is CC(C)Cc1cc(-c2[c-]c(N(c3ccccn3)c3ccccc3-c3ccccc3)ccc2)nc(-c2cc(C(C)(C)C)cc(C(C)(C)C)c2O)c1.CC(C)c1cccc(-c2ccccc2)c1N(c1[c-]c(-c2cc(-c3cc(C(C)(C)C)cc(C(C)(C)C)c3)cc(-c3cc(C(C)(C)C)cc(C(C)(C)C)c3O)n2)ccc1)c1ccccn1.[Pt].[Pt]. The third-order valence-corrected chi connectivity index (χ3v) is 21.0. The van der Waals surface area contributed by atoms with Gasteiger partial charge >= 0.3 is 0 Å². The number of nitrogens with zero attached hydrogens (tertiary/aromatic N) is 6. The molecule has 0 amide bonds. The van der Waals surface area contributed by atoms with Crippen molar-refractivity contribution in [1.29, 1.82) is 0 Å². The van der Waals surface area contributed by atoms with E-state index < -0.39 is 0 Å². The summed E-state index contributed by atoms with van der Waals surface area (Å²) in [5.74, 6) is 2.83. The van der Waals surface area contributed by atoms with Crippen LogP contribution in [0, 0.1) is 18.1 Å². The molecule has 10 heteroatoms. The first kappa shape index (κ1) is 87.5. The summed E-state index contributed by atoms with van der Waals surface area (Å²) >= 11 is 0. The van der Waals surface area contributed by atoms with Crippen molar-refractivity contribution in [1.82, 2.24) is 19.9 Å². The van der Waals surface area contributed by atoms with Crippen LogP contribution in [0.3, 0.4) is 0 Å². The number of anilines is 6. The van der Waals surface area contributed by atoms with Crippen LogP contribution < -0.4 is 9.80 Å². The number of rotatable bonds is 16. The van der Waals surface area contributed by atoms with Gasteiger partial charge in [-0.3, -0.25) is 9.97 Å². The first-order valence-corrected chi connectivity index (χ1v) is 40.1. The largest absolute Gasteiger partial charge is 0.507 e. The molecule has 0 aliphatic heterocycles. The minimum Gasteiger partial charge on any atom is -0.507 e. The van der Waals surface area contributed by atoms with Gasteiger partial charge in [-0.2, -0.15) is 0 Å². The molecule has 0 saturated carbocycles. The van der Waals surface area contributed by atoms with E-state index in [9.17, 15) is 10.2 Å². The number of phenols is 2. The molecule has 0 atom stereocenters. The number of pyridine rings is 4. The van der Waals surface area contributed by atoms with Crippen LogP contribution in [0.5, 0.6) is 11.5 Å². The third-order valence-electron chi connectivity index (χ3n) is 21.0. The average molecular weight is 1880 g/mol. The molecular weight excluding hydrogens is 1770 g/mol. The Kier molecular flexibility index (Phi) is 26.9. The van der Waals surface area contributed by atoms with E-state index in [1.54, 1.807) is 0 Å². The number of benzene rings is 9. The molecule has 0 radical (unpaired) electrons. The number of phenolic OH excluding ortho intramolecular Hbond substituents is 2. The van der Waals surface area contributed by atoms with Gasteiger partial charge < -0.3 is 20.0 Å². The summed E-state index contributed by atoms with van der Waals surface area (Å²) in [6.07, 6.45) is 4.56. The predicted molar refractivity (Wildman–Crippen MR) is 477 cm³/mol. The normalized spacial score (nSPS) is 12.0. The molecule has 2 N–H and O–H groups in total. The quantitative estimate of drug-likeness (QED) is 0.0924. The number of hydrogen-bond donors (Lipinski definition) is 2. The molecule has 0 aliphatic rings. The first-order chi connectivity index (χ1) is 53.3. The van der Waals surface area contributed by atoms with E-state index in [1.165, 1.54) is 27.8 Å². The Morgan fingerprint density at radius 1 is 0.339 bits per heavy atom. The van der Waals surface area contributed by atoms with Gasteiger partial charge in [0, 0.05) is 87.9 Å². The van der Waals surface area contributed by atoms with Crippen molar-refractivity contribution in [3.63, 3.8) is 0 Å². The molecule has 8 nitrogen and oxygen atoms in total. The van der Waals surface area contributed by atoms with E-state index in [-0.39, 0.29) is 86.3 Å². The summed E-state index contributed by atoms with van der Waals surface area (Å²) in [6, 6.07) is 92.6. The van der Waals surface area contributed by atoms with E-state index in [0.717, 1.165) is 130 Å². The van der Waals surface area contributed by atoms with Crippen LogP contribution in [-0.2, 0) is 81.0 Å². The van der Waals surface area contributed by atoms with E-state index >= 15 is 0 Å². The van der Waals surface area contributed by atoms with Gasteiger partial charge in [-0.05, 0) is 178 Å². The fourth-order valence-corrected chi connectivity index (χ4v) is 14.6. The van der Waals surface area contributed by atoms with Crippen molar-refractivity contribution in [2.75, 3.05) is 9.80 Å². The van der Waals surface area contributed by atoms with Gasteiger partial charge in [0.15, 0.2) is 0 Å². The topological polar surface area (TPSA) is 98.5 Å². The molecule has 0 saturated heterocycles. The molecule has 13 aromatic rings. The maximum Gasteiger partial charge on any atom is 0.136 e. The van der Waals surface area contributed by atoms with Crippen molar-refractivity contribution in [3.8, 4) is 89.9 Å². The predicted octanol–water partition coefficient (Wildman–Crippen LogP) is 28.7. The van der Waals surface area contributed by atoms with E-state index in [4.69, 9.17) is 19.9 Å². The van der Waals surface area contributed by atoms with Crippen LogP contribution in [0.1, 0.15) is 203 Å². The maximum absolute atomic E-state index is 12.3. The Hall–Kier alpha value is -9.84. The Balaban J connectivity index is 0.000000245. The van der Waals surface area contributed by atoms with Gasteiger partial charge in [-0.25, -0.2) is 9.97 Å². The second kappa shape index (κ2) is 35.3. The number of para-hydroxylation sites is 2. The van der Waals surface area contributed by atoms with Crippen LogP contribution in [0.25, 0.3) is 78.4 Å². The van der Waals surface area contributed by atoms with Crippen LogP contribution in [0.4, 0.5) is 34.4 Å². The van der Waals surface area contributed by atoms with Crippen LogP contribution >= 0.6 is 0 Å². The monoisotopic (exact) mass is 1880 g/mol. The van der Waals surface area contributed by atoms with Gasteiger partial charge in [-0.1, -0.05) is 310 Å². The van der Waals surface area contributed by atoms with Crippen LogP contribution in [0.15, 0.2) is 255 Å². The first-order valence-electron chi connectivity index (χ1n) is 40.1. The molecule has 0 bridgehead atoms. The molecular formula is C105H114N6O2Pt2-2. The number of aromatic nitrogens is 4. The number of aromatic hydroxyl groups is 2. The average Bonchev–Trinajstić information content (AvgIpc) is 0.768. The Bertz CT molecular complexity index is 5490. The van der Waals surface area contributed by atoms with Gasteiger partial charge in [0.25, 0.3) is 0 Å². The van der Waals surface area contributed by atoms with E-state index in [2.05, 4.69) is 381 Å². The molecule has 0 fully saturated rings. The third kappa shape index (κ3) is 20.3. The molecule has 0 spiro atoms. The molecule has 13 rings (SSSR count). The summed E-state index contributed by atoms with van der Waals surface area (Å²) in [5, 5.41) is 24.1. The van der Waals surface area contributed by atoms with E-state index in [1.807, 2.05) is 48.8 Å². The van der Waals surface area contributed by atoms with Crippen molar-refractivity contribution in [2.45, 2.75) is 197 Å². The number of hydrogen-bond acceptors (Lipinski definition) is 8. The fraction of sp³-hybridized carbons (Fsp3) is 0.295. The summed E-state index contributed by atoms with van der Waals surface area (Å²) in [5.41, 5.74) is 24.8. The van der Waals surface area contributed by atoms with E-state index in [0.29, 0.717) is 17.4 Å². The van der Waals surface area contributed by atoms with Crippen molar-refractivity contribution in [3.05, 3.63) is 312 Å². The zero-order valence-corrected chi connectivity index (χ0v) is 75.9. The summed E-state index contributed by atoms with van der Waals surface area (Å²) in [6.45, 7) is 48.9. The zero-order chi connectivity index (χ0) is 81.3. The standard InChI is InChI=1S/C59H66N3O.C46H48N3O.2Pt/c1-38(2)47-26-21-27-48(39-22-16-15-17-23-39)54(47)62(53-28-18-19-29-60-53)46-25-20-24-40(32-46)51-33-42(41-30-43(56(3,4)5)35-44(31-41)57(6,7)8)34-52(61-51)49-36-45(58(9,10)11)37-50(55(49)63)59(12,13)14;1-31(2)25-32-26-40(48-41(27-32)38-29-35(45(3,4)5)30-39(44(38)50)46(6,7)8)34-19-16-20-36(28-34)49(43-23-14-15-24-47-43)42-22-13-12-21-37(42)33-17-10-9-11-18-33;;/h15-31,33-38,63H,1-14H3;9-24,26-27,29-31,50H,25H2,1-8H3;;/q2*-1;;. The van der Waals surface area contributed by atoms with Crippen molar-refractivity contribution >= 4 is 34.4 Å². The van der Waals surface area contributed by atoms with Gasteiger partial charge in [0.1, 0.15) is 23.1 Å². The Morgan fingerprint density at radius 2 is 0.730 bits per heavy atom. The molecule has 0 unspecified atom stereocenters. The Morgan fingerprint density at radius 3 is 1.19 bits per heavy atom. The molecule has 4 heterocycles.